The molecule has 2 aliphatic heterocycles. The number of ether oxygens (including phenoxy) is 2. The van der Waals surface area contributed by atoms with Crippen LogP contribution in [0.3, 0.4) is 0 Å². The standard InChI is InChI=1S/2C3H6O/c2*1-3-2-4-3/h2*3H,2H2,1H3/i2D;. The summed E-state index contributed by atoms with van der Waals surface area (Å²) in [6.45, 7) is 4.73. The molecule has 48 valence electrons. The van der Waals surface area contributed by atoms with Crippen LogP contribution in [0, 0.1) is 0 Å². The molecule has 2 nitrogen and oxygen atoms in total. The van der Waals surface area contributed by atoms with Crippen molar-refractivity contribution in [2.75, 3.05) is 13.2 Å². The van der Waals surface area contributed by atoms with Gasteiger partial charge in [-0.3, -0.25) is 0 Å². The fourth-order valence-corrected chi connectivity index (χ4v) is 0.175. The second-order valence-corrected chi connectivity index (χ2v) is 2.12. The first kappa shape index (κ1) is 4.77. The Hall–Kier alpha value is -0.0800. The van der Waals surface area contributed by atoms with Crippen LogP contribution in [-0.4, -0.2) is 25.4 Å². The van der Waals surface area contributed by atoms with Gasteiger partial charge in [0.05, 0.1) is 26.8 Å². The van der Waals surface area contributed by atoms with Crippen molar-refractivity contribution in [1.29, 1.82) is 0 Å². The maximum Gasteiger partial charge on any atom is 0.0781 e. The van der Waals surface area contributed by atoms with Crippen molar-refractivity contribution in [3.05, 3.63) is 0 Å². The van der Waals surface area contributed by atoms with Crippen LogP contribution in [0.25, 0.3) is 0 Å². The van der Waals surface area contributed by atoms with Gasteiger partial charge in [0.1, 0.15) is 0 Å². The summed E-state index contributed by atoms with van der Waals surface area (Å²) < 4.78 is 16.0. The number of epoxide rings is 2. The summed E-state index contributed by atoms with van der Waals surface area (Å²) in [4.78, 5) is 0. The van der Waals surface area contributed by atoms with E-state index in [1.165, 1.54) is 0 Å². The molecule has 0 aromatic carbocycles. The fraction of sp³-hybridized carbons (Fsp3) is 1.00. The molecule has 2 fully saturated rings. The van der Waals surface area contributed by atoms with E-state index in [4.69, 9.17) is 6.11 Å². The SMILES string of the molecule is CC1CO1.[2H]C1OC1C. The molecule has 3 unspecified atom stereocenters. The predicted octanol–water partition coefficient (Wildman–Crippen LogP) is 0.810. The lowest BCUT2D eigenvalue weighted by molar-refractivity contribution is 0.423. The van der Waals surface area contributed by atoms with Gasteiger partial charge >= 0.3 is 0 Å². The van der Waals surface area contributed by atoms with Crippen molar-refractivity contribution in [3.63, 3.8) is 0 Å². The Kier molecular flexibility index (Phi) is 1.47. The third kappa shape index (κ3) is 4.09. The van der Waals surface area contributed by atoms with Gasteiger partial charge in [-0.2, -0.15) is 0 Å². The Balaban J connectivity index is 0.0000000922. The molecule has 0 aromatic heterocycles. The van der Waals surface area contributed by atoms with Crippen LogP contribution < -0.4 is 0 Å². The molecule has 2 aliphatic rings. The van der Waals surface area contributed by atoms with Crippen LogP contribution in [0.15, 0.2) is 0 Å². The van der Waals surface area contributed by atoms with Crippen molar-refractivity contribution in [2.24, 2.45) is 0 Å². The summed E-state index contributed by atoms with van der Waals surface area (Å²) in [6, 6.07) is 0. The summed E-state index contributed by atoms with van der Waals surface area (Å²) in [5.41, 5.74) is 0. The first-order valence-electron chi connectivity index (χ1n) is 3.47. The Labute approximate surface area is 51.2 Å². The smallest absolute Gasteiger partial charge is 0.0781 e. The lowest BCUT2D eigenvalue weighted by Gasteiger charge is -1.51. The molecular weight excluding hydrogens is 104 g/mol. The quantitative estimate of drug-likeness (QED) is 0.439. The third-order valence-corrected chi connectivity index (χ3v) is 0.908. The van der Waals surface area contributed by atoms with Gasteiger partial charge in [0, 0.05) is 0 Å². The van der Waals surface area contributed by atoms with Gasteiger partial charge in [-0.15, -0.1) is 0 Å². The normalized spacial score (nSPS) is 50.8. The lowest BCUT2D eigenvalue weighted by Crippen LogP contribution is -1.60. The maximum absolute atomic E-state index is 6.68. The van der Waals surface area contributed by atoms with Gasteiger partial charge in [-0.05, 0) is 13.8 Å². The van der Waals surface area contributed by atoms with Crippen LogP contribution in [0.1, 0.15) is 15.2 Å². The van der Waals surface area contributed by atoms with E-state index in [0.29, 0.717) is 6.10 Å². The Bertz CT molecular complexity index is 87.1. The van der Waals surface area contributed by atoms with E-state index in [1.54, 1.807) is 0 Å². The average Bonchev–Trinajstić information content (AvgIpc) is 2.59. The van der Waals surface area contributed by atoms with E-state index in [0.717, 1.165) is 6.61 Å². The van der Waals surface area contributed by atoms with Crippen LogP contribution in [0.2, 0.25) is 0 Å². The fourth-order valence-electron chi connectivity index (χ4n) is 0.175. The molecule has 0 radical (unpaired) electrons. The molecule has 8 heavy (non-hydrogen) atoms. The summed E-state index contributed by atoms with van der Waals surface area (Å²) in [7, 11) is 0. The number of hydrogen-bond acceptors (Lipinski definition) is 2. The van der Waals surface area contributed by atoms with E-state index >= 15 is 0 Å². The van der Waals surface area contributed by atoms with Gasteiger partial charge in [0.25, 0.3) is 0 Å². The van der Waals surface area contributed by atoms with Crippen LogP contribution in [0.4, 0.5) is 0 Å². The highest BCUT2D eigenvalue weighted by molar-refractivity contribution is 4.58. The van der Waals surface area contributed by atoms with E-state index in [1.807, 2.05) is 6.92 Å². The molecule has 3 atom stereocenters. The maximum atomic E-state index is 6.68. The molecule has 0 bridgehead atoms. The molecule has 2 rings (SSSR count). The number of hydrogen-bond donors (Lipinski definition) is 0. The Morgan fingerprint density at radius 3 is 1.62 bits per heavy atom. The third-order valence-electron chi connectivity index (χ3n) is 0.908. The summed E-state index contributed by atoms with van der Waals surface area (Å²) >= 11 is 0. The van der Waals surface area contributed by atoms with Gasteiger partial charge in [-0.1, -0.05) is 0 Å². The molecule has 0 N–H and O–H groups in total. The van der Waals surface area contributed by atoms with E-state index in [2.05, 4.69) is 11.7 Å². The summed E-state index contributed by atoms with van der Waals surface area (Å²) in [5.74, 6) is 0. The zero-order valence-corrected chi connectivity index (χ0v) is 5.26. The summed E-state index contributed by atoms with van der Waals surface area (Å²) in [5, 5.41) is 0. The van der Waals surface area contributed by atoms with Gasteiger partial charge in [-0.25, -0.2) is 0 Å². The van der Waals surface area contributed by atoms with Crippen LogP contribution in [-0.2, 0) is 9.47 Å². The van der Waals surface area contributed by atoms with E-state index in [-0.39, 0.29) is 12.7 Å². The number of rotatable bonds is 0. The van der Waals surface area contributed by atoms with Crippen molar-refractivity contribution in [3.8, 4) is 0 Å². The minimum atomic E-state index is -0.199. The van der Waals surface area contributed by atoms with Gasteiger partial charge in [0.2, 0.25) is 0 Å². The van der Waals surface area contributed by atoms with Gasteiger partial charge in [0.15, 0.2) is 0 Å². The van der Waals surface area contributed by atoms with Crippen LogP contribution in [0.5, 0.6) is 0 Å². The molecule has 0 amide bonds. The zero-order valence-electron chi connectivity index (χ0n) is 6.26. The predicted molar refractivity (Wildman–Crippen MR) is 30.8 cm³/mol. The van der Waals surface area contributed by atoms with E-state index in [9.17, 15) is 0 Å². The zero-order chi connectivity index (χ0) is 6.85. The second kappa shape index (κ2) is 2.46. The lowest BCUT2D eigenvalue weighted by atomic mass is 10.6. The van der Waals surface area contributed by atoms with Crippen LogP contribution >= 0.6 is 0 Å². The Morgan fingerprint density at radius 2 is 1.62 bits per heavy atom. The molecule has 0 aromatic rings. The molecule has 2 heterocycles. The molecular formula is C6H12O2. The van der Waals surface area contributed by atoms with Crippen molar-refractivity contribution < 1.29 is 10.8 Å². The molecule has 2 saturated heterocycles. The van der Waals surface area contributed by atoms with E-state index < -0.39 is 0 Å². The largest absolute Gasteiger partial charge is 0.373 e. The monoisotopic (exact) mass is 117 g/mol. The highest BCUT2D eigenvalue weighted by Gasteiger charge is 2.13. The highest BCUT2D eigenvalue weighted by Crippen LogP contribution is 2.04. The second-order valence-electron chi connectivity index (χ2n) is 2.12. The average molecular weight is 117 g/mol. The van der Waals surface area contributed by atoms with Gasteiger partial charge < -0.3 is 9.47 Å². The minimum absolute atomic E-state index is 0.199. The van der Waals surface area contributed by atoms with Crippen molar-refractivity contribution in [1.82, 2.24) is 0 Å². The molecule has 2 heteroatoms. The first-order chi connectivity index (χ1) is 4.20. The summed E-state index contributed by atoms with van der Waals surface area (Å²) in [6.07, 6.45) is 0.801. The molecule has 0 spiro atoms. The minimum Gasteiger partial charge on any atom is -0.373 e. The van der Waals surface area contributed by atoms with Crippen molar-refractivity contribution in [2.45, 2.75) is 26.1 Å². The molecule has 0 aliphatic carbocycles. The van der Waals surface area contributed by atoms with Crippen molar-refractivity contribution >= 4 is 0 Å². The highest BCUT2D eigenvalue weighted by atomic mass is 16.6. The first-order valence-corrected chi connectivity index (χ1v) is 2.89. The topological polar surface area (TPSA) is 25.1 Å². The molecule has 0 saturated carbocycles. The Morgan fingerprint density at radius 1 is 1.38 bits per heavy atom.